The minimum atomic E-state index is 0.775. The van der Waals surface area contributed by atoms with E-state index in [-0.39, 0.29) is 0 Å². The van der Waals surface area contributed by atoms with Gasteiger partial charge >= 0.3 is 0 Å². The second-order valence-electron chi connectivity index (χ2n) is 3.73. The van der Waals surface area contributed by atoms with E-state index in [1.807, 2.05) is 6.07 Å². The molecule has 0 saturated heterocycles. The Labute approximate surface area is 77.2 Å². The largest absolute Gasteiger partial charge is 0.355 e. The van der Waals surface area contributed by atoms with Crippen LogP contribution in [-0.2, 0) is 0 Å². The minimum Gasteiger partial charge on any atom is -0.355 e. The van der Waals surface area contributed by atoms with Crippen molar-refractivity contribution in [1.29, 1.82) is 0 Å². The summed E-state index contributed by atoms with van der Waals surface area (Å²) in [5.74, 6) is 0. The molecular weight excluding hydrogens is 160 g/mol. The Hall–Kier alpha value is -1.31. The van der Waals surface area contributed by atoms with Crippen molar-refractivity contribution in [3.8, 4) is 0 Å². The molecule has 1 heterocycles. The fourth-order valence-electron chi connectivity index (χ4n) is 1.75. The van der Waals surface area contributed by atoms with E-state index in [2.05, 4.69) is 34.3 Å². The Morgan fingerprint density at radius 2 is 2.08 bits per heavy atom. The third-order valence-corrected chi connectivity index (χ3v) is 2.66. The molecule has 1 aliphatic carbocycles. The Balaban J connectivity index is 2.10. The molecular formula is C11H12N2. The van der Waals surface area contributed by atoms with E-state index in [9.17, 15) is 0 Å². The number of rotatable bonds is 1. The van der Waals surface area contributed by atoms with E-state index in [1.54, 1.807) is 0 Å². The molecule has 1 fully saturated rings. The predicted octanol–water partition coefficient (Wildman–Crippen LogP) is 0.480. The molecule has 0 radical (unpaired) electrons. The van der Waals surface area contributed by atoms with Gasteiger partial charge in [0.2, 0.25) is 0 Å². The molecule has 2 heteroatoms. The van der Waals surface area contributed by atoms with Crippen molar-refractivity contribution in [3.05, 3.63) is 34.8 Å². The second-order valence-corrected chi connectivity index (χ2v) is 3.73. The van der Waals surface area contributed by atoms with E-state index in [0.29, 0.717) is 0 Å². The zero-order valence-electron chi connectivity index (χ0n) is 7.48. The van der Waals surface area contributed by atoms with Gasteiger partial charge in [-0.05, 0) is 18.9 Å². The summed E-state index contributed by atoms with van der Waals surface area (Å²) in [5.41, 5.74) is 0. The van der Waals surface area contributed by atoms with E-state index in [0.717, 1.165) is 18.1 Å². The molecule has 66 valence electrons. The highest BCUT2D eigenvalue weighted by Gasteiger charge is 2.27. The summed E-state index contributed by atoms with van der Waals surface area (Å²) >= 11 is 0. The van der Waals surface area contributed by atoms with Crippen LogP contribution in [0.5, 0.6) is 0 Å². The molecule has 0 amide bonds. The standard InChI is InChI=1S/C11H12N2/c1-2-4-11-9(3-1)7-13(8-12-11)10-5-6-10/h1-4,7,10H,5-6,8H2. The van der Waals surface area contributed by atoms with Crippen molar-refractivity contribution >= 4 is 6.20 Å². The Bertz CT molecular complexity index is 432. The highest BCUT2D eigenvalue weighted by Crippen LogP contribution is 2.26. The van der Waals surface area contributed by atoms with Crippen LogP contribution in [0.25, 0.3) is 6.20 Å². The number of hydrogen-bond donors (Lipinski definition) is 0. The van der Waals surface area contributed by atoms with E-state index in [4.69, 9.17) is 0 Å². The second kappa shape index (κ2) is 2.59. The van der Waals surface area contributed by atoms with Crippen LogP contribution >= 0.6 is 0 Å². The van der Waals surface area contributed by atoms with Gasteiger partial charge in [-0.1, -0.05) is 18.2 Å². The Kier molecular flexibility index (Phi) is 1.42. The van der Waals surface area contributed by atoms with Gasteiger partial charge in [0.15, 0.2) is 0 Å². The van der Waals surface area contributed by atoms with Crippen LogP contribution in [0.1, 0.15) is 12.8 Å². The molecule has 1 saturated carbocycles. The van der Waals surface area contributed by atoms with Gasteiger partial charge in [0, 0.05) is 17.5 Å². The van der Waals surface area contributed by atoms with E-state index >= 15 is 0 Å². The Morgan fingerprint density at radius 1 is 1.23 bits per heavy atom. The molecule has 2 nitrogen and oxygen atoms in total. The molecule has 1 aromatic rings. The molecule has 0 atom stereocenters. The first-order chi connectivity index (χ1) is 6.43. The lowest BCUT2D eigenvalue weighted by molar-refractivity contribution is 0.404. The summed E-state index contributed by atoms with van der Waals surface area (Å²) in [5, 5.41) is 2.40. The molecule has 1 aromatic carbocycles. The van der Waals surface area contributed by atoms with Gasteiger partial charge in [-0.25, -0.2) is 0 Å². The molecule has 3 rings (SSSR count). The van der Waals surface area contributed by atoms with Crippen molar-refractivity contribution in [2.45, 2.75) is 18.9 Å². The van der Waals surface area contributed by atoms with E-state index < -0.39 is 0 Å². The van der Waals surface area contributed by atoms with Gasteiger partial charge in [0.05, 0.1) is 5.36 Å². The topological polar surface area (TPSA) is 15.6 Å². The summed E-state index contributed by atoms with van der Waals surface area (Å²) in [6.45, 7) is 0.849. The van der Waals surface area contributed by atoms with Crippen LogP contribution in [-0.4, -0.2) is 17.6 Å². The van der Waals surface area contributed by atoms with Gasteiger partial charge in [-0.3, -0.25) is 4.99 Å². The summed E-state index contributed by atoms with van der Waals surface area (Å²) in [6, 6.07) is 9.10. The molecule has 13 heavy (non-hydrogen) atoms. The first kappa shape index (κ1) is 7.13. The zero-order chi connectivity index (χ0) is 8.67. The highest BCUT2D eigenvalue weighted by atomic mass is 15.2. The summed E-state index contributed by atoms with van der Waals surface area (Å²) in [4.78, 5) is 6.88. The van der Waals surface area contributed by atoms with Crippen molar-refractivity contribution in [2.75, 3.05) is 6.67 Å². The third kappa shape index (κ3) is 1.22. The monoisotopic (exact) mass is 172 g/mol. The molecule has 0 bridgehead atoms. The third-order valence-electron chi connectivity index (χ3n) is 2.66. The van der Waals surface area contributed by atoms with Crippen molar-refractivity contribution in [1.82, 2.24) is 4.90 Å². The lowest BCUT2D eigenvalue weighted by Crippen LogP contribution is -2.36. The van der Waals surface area contributed by atoms with Crippen molar-refractivity contribution < 1.29 is 0 Å². The van der Waals surface area contributed by atoms with Gasteiger partial charge in [-0.2, -0.15) is 0 Å². The van der Waals surface area contributed by atoms with Gasteiger partial charge in [0.25, 0.3) is 0 Å². The van der Waals surface area contributed by atoms with Gasteiger partial charge in [-0.15, -0.1) is 0 Å². The molecule has 0 unspecified atom stereocenters. The average molecular weight is 172 g/mol. The zero-order valence-corrected chi connectivity index (χ0v) is 7.48. The maximum absolute atomic E-state index is 4.53. The molecule has 1 aliphatic heterocycles. The number of benzene rings is 1. The molecule has 0 spiro atoms. The predicted molar refractivity (Wildman–Crippen MR) is 51.4 cm³/mol. The number of hydrogen-bond acceptors (Lipinski definition) is 2. The minimum absolute atomic E-state index is 0.775. The SMILES string of the molecule is C1=c2ccccc2=NCN1C1CC1. The number of fused-ring (bicyclic) bond motifs is 1. The van der Waals surface area contributed by atoms with Gasteiger partial charge < -0.3 is 4.90 Å². The fourth-order valence-corrected chi connectivity index (χ4v) is 1.75. The summed E-state index contributed by atoms with van der Waals surface area (Å²) in [7, 11) is 0. The maximum atomic E-state index is 4.53. The lowest BCUT2D eigenvalue weighted by atomic mass is 10.2. The number of para-hydroxylation sites is 1. The number of nitrogens with zero attached hydrogens (tertiary/aromatic N) is 2. The van der Waals surface area contributed by atoms with Crippen LogP contribution in [0.2, 0.25) is 0 Å². The lowest BCUT2D eigenvalue weighted by Gasteiger charge is -2.19. The van der Waals surface area contributed by atoms with Crippen molar-refractivity contribution in [3.63, 3.8) is 0 Å². The normalized spacial score (nSPS) is 20.2. The van der Waals surface area contributed by atoms with Crippen LogP contribution in [0.4, 0.5) is 0 Å². The molecule has 2 aliphatic rings. The van der Waals surface area contributed by atoms with Crippen LogP contribution in [0.3, 0.4) is 0 Å². The molecule has 0 N–H and O–H groups in total. The summed E-state index contributed by atoms with van der Waals surface area (Å²) < 4.78 is 0. The summed E-state index contributed by atoms with van der Waals surface area (Å²) in [6.07, 6.45) is 4.93. The molecule has 0 aromatic heterocycles. The van der Waals surface area contributed by atoms with Gasteiger partial charge in [0.1, 0.15) is 6.67 Å². The maximum Gasteiger partial charge on any atom is 0.110 e. The van der Waals surface area contributed by atoms with Crippen LogP contribution < -0.4 is 10.6 Å². The van der Waals surface area contributed by atoms with Crippen LogP contribution in [0.15, 0.2) is 29.3 Å². The first-order valence-electron chi connectivity index (χ1n) is 4.80. The fraction of sp³-hybridized carbons (Fsp3) is 0.364. The first-order valence-corrected chi connectivity index (χ1v) is 4.80. The van der Waals surface area contributed by atoms with Crippen molar-refractivity contribution in [2.24, 2.45) is 4.99 Å². The Morgan fingerprint density at radius 3 is 2.92 bits per heavy atom. The highest BCUT2D eigenvalue weighted by molar-refractivity contribution is 5.25. The quantitative estimate of drug-likeness (QED) is 0.601. The average Bonchev–Trinajstić information content (AvgIpc) is 3.00. The van der Waals surface area contributed by atoms with Crippen LogP contribution in [0, 0.1) is 0 Å². The van der Waals surface area contributed by atoms with E-state index in [1.165, 1.54) is 18.1 Å². The smallest absolute Gasteiger partial charge is 0.110 e.